The quantitative estimate of drug-likeness (QED) is 0.487. The van der Waals surface area contributed by atoms with Crippen LogP contribution in [0.2, 0.25) is 0 Å². The van der Waals surface area contributed by atoms with E-state index in [0.717, 1.165) is 10.2 Å². The largest absolute Gasteiger partial charge is 0.505 e. The Morgan fingerprint density at radius 1 is 1.15 bits per heavy atom. The van der Waals surface area contributed by atoms with Gasteiger partial charge in [0, 0.05) is 4.47 Å². The molecule has 3 aromatic rings. The fraction of sp³-hybridized carbons (Fsp3) is 0.105. The molecule has 0 radical (unpaired) electrons. The number of esters is 1. The Labute approximate surface area is 163 Å². The van der Waals surface area contributed by atoms with E-state index in [2.05, 4.69) is 31.1 Å². The van der Waals surface area contributed by atoms with E-state index in [-0.39, 0.29) is 17.0 Å². The Kier molecular flexibility index (Phi) is 5.27. The van der Waals surface area contributed by atoms with Crippen molar-refractivity contribution >= 4 is 33.5 Å². The first-order valence-corrected chi connectivity index (χ1v) is 8.74. The van der Waals surface area contributed by atoms with Gasteiger partial charge in [-0.2, -0.15) is 5.10 Å². The van der Waals surface area contributed by atoms with Gasteiger partial charge in [-0.1, -0.05) is 22.0 Å². The smallest absolute Gasteiger partial charge is 0.341 e. The lowest BCUT2D eigenvalue weighted by molar-refractivity contribution is 0.0597. The second-order valence-corrected chi connectivity index (χ2v) is 6.59. The number of phenols is 1. The molecule has 1 heterocycles. The standard InChI is InChI=1S/C19H16BrN3O4/c1-11-15(10-21-23(11)13-8-6-12(20)7-9-13)18(25)22-16-5-3-4-14(17(16)24)19(26)27-2/h3-10,24H,1-2H3,(H,22,25). The van der Waals surface area contributed by atoms with E-state index < -0.39 is 11.9 Å². The molecule has 8 heteroatoms. The molecule has 1 amide bonds. The fourth-order valence-electron chi connectivity index (χ4n) is 2.58. The van der Waals surface area contributed by atoms with Crippen LogP contribution in [0.4, 0.5) is 5.69 Å². The summed E-state index contributed by atoms with van der Waals surface area (Å²) in [6, 6.07) is 12.0. The fourth-order valence-corrected chi connectivity index (χ4v) is 2.85. The number of aromatic nitrogens is 2. The van der Waals surface area contributed by atoms with Gasteiger partial charge in [-0.25, -0.2) is 9.48 Å². The Morgan fingerprint density at radius 3 is 2.52 bits per heavy atom. The van der Waals surface area contributed by atoms with Gasteiger partial charge in [0.1, 0.15) is 5.56 Å². The molecule has 2 aromatic carbocycles. The number of benzene rings is 2. The Morgan fingerprint density at radius 2 is 1.85 bits per heavy atom. The third-order valence-electron chi connectivity index (χ3n) is 4.02. The maximum atomic E-state index is 12.6. The molecule has 0 fully saturated rings. The maximum absolute atomic E-state index is 12.6. The summed E-state index contributed by atoms with van der Waals surface area (Å²) in [4.78, 5) is 24.3. The van der Waals surface area contributed by atoms with Crippen molar-refractivity contribution < 1.29 is 19.4 Å². The number of amides is 1. The topological polar surface area (TPSA) is 93.5 Å². The van der Waals surface area contributed by atoms with Gasteiger partial charge in [0.25, 0.3) is 5.91 Å². The minimum Gasteiger partial charge on any atom is -0.505 e. The Hall–Kier alpha value is -3.13. The number of anilines is 1. The number of ether oxygens (including phenoxy) is 1. The molecule has 0 aliphatic rings. The third kappa shape index (κ3) is 3.70. The maximum Gasteiger partial charge on any atom is 0.341 e. The van der Waals surface area contributed by atoms with Crippen LogP contribution in [-0.4, -0.2) is 33.9 Å². The van der Waals surface area contributed by atoms with E-state index in [9.17, 15) is 14.7 Å². The van der Waals surface area contributed by atoms with E-state index in [1.165, 1.54) is 25.4 Å². The van der Waals surface area contributed by atoms with Crippen molar-refractivity contribution in [2.75, 3.05) is 12.4 Å². The molecule has 0 aliphatic carbocycles. The molecule has 0 saturated carbocycles. The lowest BCUT2D eigenvalue weighted by Crippen LogP contribution is -2.14. The van der Waals surface area contributed by atoms with Gasteiger partial charge in [0.15, 0.2) is 5.75 Å². The minimum atomic E-state index is -0.692. The molecule has 0 spiro atoms. The number of phenolic OH excluding ortho intramolecular Hbond substituents is 1. The van der Waals surface area contributed by atoms with Gasteiger partial charge in [0.2, 0.25) is 0 Å². The predicted molar refractivity (Wildman–Crippen MR) is 103 cm³/mol. The highest BCUT2D eigenvalue weighted by Crippen LogP contribution is 2.28. The summed E-state index contributed by atoms with van der Waals surface area (Å²) in [5, 5.41) is 17.1. The molecule has 0 atom stereocenters. The average Bonchev–Trinajstić information content (AvgIpc) is 3.05. The number of rotatable bonds is 4. The Balaban J connectivity index is 1.88. The van der Waals surface area contributed by atoms with Gasteiger partial charge in [0.05, 0.1) is 35.9 Å². The highest BCUT2D eigenvalue weighted by atomic mass is 79.9. The van der Waals surface area contributed by atoms with Crippen LogP contribution in [0.5, 0.6) is 5.75 Å². The third-order valence-corrected chi connectivity index (χ3v) is 4.54. The number of nitrogens with one attached hydrogen (secondary N) is 1. The molecule has 27 heavy (non-hydrogen) atoms. The predicted octanol–water partition coefficient (Wildman–Crippen LogP) is 3.69. The van der Waals surface area contributed by atoms with Gasteiger partial charge in [-0.3, -0.25) is 4.79 Å². The summed E-state index contributed by atoms with van der Waals surface area (Å²) in [6.07, 6.45) is 1.45. The van der Waals surface area contributed by atoms with Crippen molar-refractivity contribution in [3.05, 3.63) is 70.0 Å². The van der Waals surface area contributed by atoms with Crippen molar-refractivity contribution in [1.82, 2.24) is 9.78 Å². The van der Waals surface area contributed by atoms with E-state index >= 15 is 0 Å². The molecule has 0 unspecified atom stereocenters. The van der Waals surface area contributed by atoms with Gasteiger partial charge >= 0.3 is 5.97 Å². The summed E-state index contributed by atoms with van der Waals surface area (Å²) >= 11 is 3.38. The second-order valence-electron chi connectivity index (χ2n) is 5.68. The van der Waals surface area contributed by atoms with E-state index in [4.69, 9.17) is 0 Å². The number of hydrogen-bond acceptors (Lipinski definition) is 5. The van der Waals surface area contributed by atoms with Crippen molar-refractivity contribution in [1.29, 1.82) is 0 Å². The van der Waals surface area contributed by atoms with Crippen LogP contribution < -0.4 is 5.32 Å². The highest BCUT2D eigenvalue weighted by Gasteiger charge is 2.19. The van der Waals surface area contributed by atoms with Crippen LogP contribution in [0.25, 0.3) is 5.69 Å². The first-order valence-electron chi connectivity index (χ1n) is 7.94. The number of carbonyl (C=O) groups is 2. The number of para-hydroxylation sites is 1. The highest BCUT2D eigenvalue weighted by molar-refractivity contribution is 9.10. The van der Waals surface area contributed by atoms with Gasteiger partial charge in [-0.05, 0) is 43.3 Å². The number of aromatic hydroxyl groups is 1. The molecule has 0 saturated heterocycles. The monoisotopic (exact) mass is 429 g/mol. The summed E-state index contributed by atoms with van der Waals surface area (Å²) in [5.41, 5.74) is 1.88. The van der Waals surface area contributed by atoms with Crippen molar-refractivity contribution in [3.8, 4) is 11.4 Å². The normalized spacial score (nSPS) is 10.5. The van der Waals surface area contributed by atoms with Crippen molar-refractivity contribution in [2.24, 2.45) is 0 Å². The average molecular weight is 430 g/mol. The first kappa shape index (κ1) is 18.7. The minimum absolute atomic E-state index is 0.0300. The van der Waals surface area contributed by atoms with Crippen LogP contribution in [0, 0.1) is 6.92 Å². The lowest BCUT2D eigenvalue weighted by Gasteiger charge is -2.10. The number of hydrogen-bond donors (Lipinski definition) is 2. The molecule has 2 N–H and O–H groups in total. The molecule has 138 valence electrons. The SMILES string of the molecule is COC(=O)c1cccc(NC(=O)c2cnn(-c3ccc(Br)cc3)c2C)c1O. The zero-order chi connectivity index (χ0) is 19.6. The van der Waals surface area contributed by atoms with Crippen LogP contribution in [0.1, 0.15) is 26.4 Å². The van der Waals surface area contributed by atoms with E-state index in [1.807, 2.05) is 24.3 Å². The number of carbonyl (C=O) groups excluding carboxylic acids is 2. The summed E-state index contributed by atoms with van der Waals surface area (Å²) in [5.74, 6) is -1.49. The molecule has 7 nitrogen and oxygen atoms in total. The van der Waals surface area contributed by atoms with Crippen LogP contribution >= 0.6 is 15.9 Å². The summed E-state index contributed by atoms with van der Waals surface area (Å²) in [6.45, 7) is 1.77. The van der Waals surface area contributed by atoms with Crippen molar-refractivity contribution in [2.45, 2.75) is 6.92 Å². The van der Waals surface area contributed by atoms with Gasteiger partial charge < -0.3 is 15.2 Å². The zero-order valence-corrected chi connectivity index (χ0v) is 16.1. The second kappa shape index (κ2) is 7.63. The van der Waals surface area contributed by atoms with E-state index in [0.29, 0.717) is 11.3 Å². The van der Waals surface area contributed by atoms with Crippen molar-refractivity contribution in [3.63, 3.8) is 0 Å². The molecular weight excluding hydrogens is 414 g/mol. The summed E-state index contributed by atoms with van der Waals surface area (Å²) in [7, 11) is 1.22. The number of halogens is 1. The molecule has 3 rings (SSSR count). The van der Waals surface area contributed by atoms with Gasteiger partial charge in [-0.15, -0.1) is 0 Å². The van der Waals surface area contributed by atoms with E-state index in [1.54, 1.807) is 17.7 Å². The van der Waals surface area contributed by atoms with Crippen LogP contribution in [-0.2, 0) is 4.74 Å². The number of nitrogens with zero attached hydrogens (tertiary/aromatic N) is 2. The Bertz CT molecular complexity index is 1010. The zero-order valence-electron chi connectivity index (χ0n) is 14.6. The lowest BCUT2D eigenvalue weighted by atomic mass is 10.1. The molecule has 0 aliphatic heterocycles. The molecular formula is C19H16BrN3O4. The molecule has 1 aromatic heterocycles. The number of methoxy groups -OCH3 is 1. The van der Waals surface area contributed by atoms with Crippen LogP contribution in [0.15, 0.2) is 53.1 Å². The summed E-state index contributed by atoms with van der Waals surface area (Å²) < 4.78 is 7.20. The van der Waals surface area contributed by atoms with Crippen LogP contribution in [0.3, 0.4) is 0 Å². The first-order chi connectivity index (χ1) is 12.9. The molecule has 0 bridgehead atoms.